The molecule has 0 bridgehead atoms. The second-order valence-electron chi connectivity index (χ2n) is 7.58. The Morgan fingerprint density at radius 2 is 1.94 bits per heavy atom. The summed E-state index contributed by atoms with van der Waals surface area (Å²) >= 11 is 1.71. The lowest BCUT2D eigenvalue weighted by molar-refractivity contribution is 0.168. The van der Waals surface area contributed by atoms with Gasteiger partial charge in [-0.1, -0.05) is 43.3 Å². The lowest BCUT2D eigenvalue weighted by Crippen LogP contribution is -2.30. The van der Waals surface area contributed by atoms with Gasteiger partial charge in [0, 0.05) is 30.1 Å². The van der Waals surface area contributed by atoms with Gasteiger partial charge >= 0.3 is 0 Å². The Labute approximate surface area is 187 Å². The molecule has 7 nitrogen and oxygen atoms in total. The van der Waals surface area contributed by atoms with Gasteiger partial charge in [0.25, 0.3) is 5.89 Å². The van der Waals surface area contributed by atoms with Crippen LogP contribution in [0.1, 0.15) is 29.9 Å². The second-order valence-corrected chi connectivity index (χ2v) is 8.72. The molecule has 2 heterocycles. The van der Waals surface area contributed by atoms with E-state index in [1.54, 1.807) is 11.3 Å². The number of nitrogens with one attached hydrogen (secondary N) is 1. The number of benzene rings is 1. The van der Waals surface area contributed by atoms with Crippen molar-refractivity contribution < 1.29 is 14.7 Å². The molecule has 3 N–H and O–H groups in total. The quantitative estimate of drug-likeness (QED) is 0.370. The fourth-order valence-electron chi connectivity index (χ4n) is 3.36. The first-order valence-electron chi connectivity index (χ1n) is 10.8. The summed E-state index contributed by atoms with van der Waals surface area (Å²) in [6.45, 7) is 10.5. The average molecular weight is 445 g/mol. The summed E-state index contributed by atoms with van der Waals surface area (Å²) < 4.78 is 5.55. The van der Waals surface area contributed by atoms with Crippen LogP contribution in [0.25, 0.3) is 22.2 Å². The number of hydrogen-bond donors (Lipinski definition) is 3. The van der Waals surface area contributed by atoms with E-state index in [2.05, 4.69) is 47.2 Å². The Hall–Kier alpha value is -2.10. The minimum absolute atomic E-state index is 0.0659. The highest BCUT2D eigenvalue weighted by Crippen LogP contribution is 2.32. The molecule has 3 rings (SSSR count). The molecule has 0 aliphatic rings. The van der Waals surface area contributed by atoms with Crippen molar-refractivity contribution in [3.05, 3.63) is 46.3 Å². The first kappa shape index (κ1) is 23.6. The smallest absolute Gasteiger partial charge is 0.268 e. The summed E-state index contributed by atoms with van der Waals surface area (Å²) in [5.41, 5.74) is 3.16. The van der Waals surface area contributed by atoms with Crippen LogP contribution in [0.3, 0.4) is 0 Å². The van der Waals surface area contributed by atoms with Gasteiger partial charge in [-0.3, -0.25) is 4.90 Å². The van der Waals surface area contributed by atoms with Crippen LogP contribution in [0.2, 0.25) is 0 Å². The average Bonchev–Trinajstić information content (AvgIpc) is 3.40. The minimum Gasteiger partial charge on any atom is -0.395 e. The van der Waals surface area contributed by atoms with Crippen LogP contribution >= 0.6 is 11.3 Å². The molecular weight excluding hydrogens is 412 g/mol. The van der Waals surface area contributed by atoms with E-state index < -0.39 is 6.10 Å². The van der Waals surface area contributed by atoms with E-state index in [4.69, 9.17) is 9.63 Å². The van der Waals surface area contributed by atoms with E-state index in [9.17, 15) is 5.11 Å². The Bertz CT molecular complexity index is 935. The fraction of sp³-hybridized carbons (Fsp3) is 0.478. The summed E-state index contributed by atoms with van der Waals surface area (Å²) in [5, 5.41) is 26.0. The maximum atomic E-state index is 10.1. The van der Waals surface area contributed by atoms with E-state index in [0.29, 0.717) is 31.2 Å². The summed E-state index contributed by atoms with van der Waals surface area (Å²) in [7, 11) is 0. The lowest BCUT2D eigenvalue weighted by Gasteiger charge is -2.17. The Kier molecular flexibility index (Phi) is 8.74. The molecule has 3 aromatic rings. The monoisotopic (exact) mass is 444 g/mol. The summed E-state index contributed by atoms with van der Waals surface area (Å²) in [6.07, 6.45) is 0.0433. The first-order valence-corrected chi connectivity index (χ1v) is 11.6. The number of aryl methyl sites for hydroxylation is 1. The van der Waals surface area contributed by atoms with Gasteiger partial charge in [0.1, 0.15) is 0 Å². The first-order chi connectivity index (χ1) is 15.0. The number of aromatic nitrogens is 2. The van der Waals surface area contributed by atoms with Crippen LogP contribution in [0.15, 0.2) is 34.9 Å². The minimum atomic E-state index is -0.498. The van der Waals surface area contributed by atoms with Crippen LogP contribution in [0.4, 0.5) is 0 Å². The van der Waals surface area contributed by atoms with Crippen LogP contribution in [-0.2, 0) is 13.0 Å². The molecular formula is C23H32N4O3S. The third kappa shape index (κ3) is 6.44. The molecule has 2 aromatic heterocycles. The van der Waals surface area contributed by atoms with Crippen LogP contribution < -0.4 is 5.32 Å². The largest absolute Gasteiger partial charge is 0.395 e. The third-order valence-electron chi connectivity index (χ3n) is 5.27. The van der Waals surface area contributed by atoms with Gasteiger partial charge in [0.2, 0.25) is 5.82 Å². The van der Waals surface area contributed by atoms with Gasteiger partial charge in [-0.2, -0.15) is 4.98 Å². The maximum absolute atomic E-state index is 10.1. The predicted molar refractivity (Wildman–Crippen MR) is 124 cm³/mol. The predicted octanol–water partition coefficient (Wildman–Crippen LogP) is 3.10. The van der Waals surface area contributed by atoms with Crippen molar-refractivity contribution in [1.82, 2.24) is 20.4 Å². The molecule has 1 aromatic carbocycles. The number of hydrogen-bond acceptors (Lipinski definition) is 8. The highest BCUT2D eigenvalue weighted by molar-refractivity contribution is 7.15. The molecule has 0 amide bonds. The van der Waals surface area contributed by atoms with E-state index in [1.807, 2.05) is 24.3 Å². The van der Waals surface area contributed by atoms with Gasteiger partial charge in [-0.05, 0) is 43.6 Å². The Balaban J connectivity index is 1.65. The van der Waals surface area contributed by atoms with E-state index in [1.165, 1.54) is 10.4 Å². The molecule has 0 fully saturated rings. The molecule has 8 heteroatoms. The van der Waals surface area contributed by atoms with Crippen LogP contribution in [0, 0.1) is 6.92 Å². The number of aliphatic hydroxyl groups excluding tert-OH is 2. The van der Waals surface area contributed by atoms with Crippen molar-refractivity contribution in [2.75, 3.05) is 32.8 Å². The van der Waals surface area contributed by atoms with Crippen molar-refractivity contribution in [2.24, 2.45) is 0 Å². The normalized spacial score (nSPS) is 12.6. The molecule has 0 aliphatic carbocycles. The summed E-state index contributed by atoms with van der Waals surface area (Å²) in [6, 6.07) is 9.96. The zero-order valence-corrected chi connectivity index (χ0v) is 19.3. The van der Waals surface area contributed by atoms with Gasteiger partial charge in [-0.15, -0.1) is 11.3 Å². The van der Waals surface area contributed by atoms with E-state index in [0.717, 1.165) is 35.6 Å². The highest BCUT2D eigenvalue weighted by atomic mass is 32.1. The number of aliphatic hydroxyl groups is 2. The van der Waals surface area contributed by atoms with Gasteiger partial charge in [0.15, 0.2) is 0 Å². The second kappa shape index (κ2) is 11.5. The third-order valence-corrected chi connectivity index (χ3v) is 6.48. The van der Waals surface area contributed by atoms with Gasteiger partial charge in [0.05, 0.1) is 17.6 Å². The van der Waals surface area contributed by atoms with Crippen LogP contribution in [0.5, 0.6) is 0 Å². The maximum Gasteiger partial charge on any atom is 0.268 e. The van der Waals surface area contributed by atoms with Crippen LogP contribution in [-0.4, -0.2) is 64.1 Å². The summed E-state index contributed by atoms with van der Waals surface area (Å²) in [4.78, 5) is 9.32. The number of nitrogens with zero attached hydrogens (tertiary/aromatic N) is 3. The van der Waals surface area contributed by atoms with Crippen molar-refractivity contribution in [2.45, 2.75) is 39.8 Å². The highest BCUT2D eigenvalue weighted by Gasteiger charge is 2.16. The Morgan fingerprint density at radius 1 is 1.19 bits per heavy atom. The van der Waals surface area contributed by atoms with Crippen molar-refractivity contribution >= 4 is 11.3 Å². The van der Waals surface area contributed by atoms with Gasteiger partial charge in [-0.25, -0.2) is 0 Å². The molecule has 31 heavy (non-hydrogen) atoms. The number of thiophene rings is 1. The lowest BCUT2D eigenvalue weighted by atomic mass is 10.1. The summed E-state index contributed by atoms with van der Waals surface area (Å²) in [5.74, 6) is 1.10. The van der Waals surface area contributed by atoms with Crippen molar-refractivity contribution in [3.63, 3.8) is 0 Å². The topological polar surface area (TPSA) is 94.7 Å². The van der Waals surface area contributed by atoms with E-state index in [-0.39, 0.29) is 6.61 Å². The SMILES string of the molecule is CCN(CC)Cc1sc(-c2nc(-c3ccc(CC(O)CNCCO)cc3)no2)cc1C. The van der Waals surface area contributed by atoms with Crippen molar-refractivity contribution in [3.8, 4) is 22.2 Å². The molecule has 1 atom stereocenters. The molecule has 0 radical (unpaired) electrons. The molecule has 0 saturated carbocycles. The zero-order chi connectivity index (χ0) is 22.2. The standard InChI is InChI=1S/C23H32N4O3S/c1-4-27(5-2)15-21-16(3)12-20(31-21)23-25-22(26-30-23)18-8-6-17(7-9-18)13-19(29)14-24-10-11-28/h6-9,12,19,24,28-29H,4-5,10-11,13-15H2,1-3H3. The van der Waals surface area contributed by atoms with E-state index >= 15 is 0 Å². The molecule has 0 spiro atoms. The zero-order valence-electron chi connectivity index (χ0n) is 18.5. The molecule has 0 saturated heterocycles. The molecule has 168 valence electrons. The molecule has 1 unspecified atom stereocenters. The van der Waals surface area contributed by atoms with Crippen molar-refractivity contribution in [1.29, 1.82) is 0 Å². The molecule has 0 aliphatic heterocycles. The Morgan fingerprint density at radius 3 is 2.61 bits per heavy atom. The fourth-order valence-corrected chi connectivity index (χ4v) is 4.49. The number of rotatable bonds is 12. The van der Waals surface area contributed by atoms with Gasteiger partial charge < -0.3 is 20.1 Å².